The monoisotopic (exact) mass is 272 g/mol. The highest BCUT2D eigenvalue weighted by molar-refractivity contribution is 5.78. The number of rotatable bonds is 7. The molecule has 0 saturated heterocycles. The van der Waals surface area contributed by atoms with Gasteiger partial charge in [-0.25, -0.2) is 4.79 Å². The fourth-order valence-corrected chi connectivity index (χ4v) is 2.54. The highest BCUT2D eigenvalue weighted by Crippen LogP contribution is 2.37. The third kappa shape index (κ3) is 4.09. The standard InChI is InChI=1S/C13H24N2O4/c1-2-15(8-5-9-16)12(19)14-10-13(11(17)18)6-3-4-7-13/h16H,2-10H2,1H3,(H,14,19)(H,17,18). The number of carboxylic acid groups (broad SMARTS) is 1. The third-order valence-electron chi connectivity index (χ3n) is 3.85. The van der Waals surface area contributed by atoms with Crippen molar-refractivity contribution in [2.45, 2.75) is 39.0 Å². The van der Waals surface area contributed by atoms with Gasteiger partial charge in [-0.1, -0.05) is 12.8 Å². The van der Waals surface area contributed by atoms with E-state index in [-0.39, 0.29) is 19.2 Å². The van der Waals surface area contributed by atoms with Gasteiger partial charge in [0.25, 0.3) is 0 Å². The Bertz CT molecular complexity index is 314. The molecule has 0 radical (unpaired) electrons. The van der Waals surface area contributed by atoms with Crippen molar-refractivity contribution in [1.82, 2.24) is 10.2 Å². The number of aliphatic hydroxyl groups excluding tert-OH is 1. The maximum absolute atomic E-state index is 11.9. The zero-order chi connectivity index (χ0) is 14.3. The third-order valence-corrected chi connectivity index (χ3v) is 3.85. The molecule has 1 rings (SSSR count). The largest absolute Gasteiger partial charge is 0.481 e. The summed E-state index contributed by atoms with van der Waals surface area (Å²) in [6, 6.07) is -0.247. The Morgan fingerprint density at radius 1 is 1.32 bits per heavy atom. The lowest BCUT2D eigenvalue weighted by Crippen LogP contribution is -2.47. The molecule has 6 nitrogen and oxygen atoms in total. The molecular formula is C13H24N2O4. The van der Waals surface area contributed by atoms with Gasteiger partial charge in [0, 0.05) is 26.2 Å². The number of carboxylic acids is 1. The van der Waals surface area contributed by atoms with Gasteiger partial charge in [-0.05, 0) is 26.2 Å². The first-order valence-corrected chi connectivity index (χ1v) is 6.93. The molecule has 1 fully saturated rings. The van der Waals surface area contributed by atoms with Crippen molar-refractivity contribution in [3.8, 4) is 0 Å². The number of urea groups is 1. The molecule has 0 aliphatic heterocycles. The van der Waals surface area contributed by atoms with E-state index < -0.39 is 11.4 Å². The Morgan fingerprint density at radius 3 is 2.42 bits per heavy atom. The fourth-order valence-electron chi connectivity index (χ4n) is 2.54. The van der Waals surface area contributed by atoms with Crippen LogP contribution < -0.4 is 5.32 Å². The molecule has 1 aliphatic rings. The first-order valence-electron chi connectivity index (χ1n) is 6.93. The van der Waals surface area contributed by atoms with E-state index in [9.17, 15) is 14.7 Å². The zero-order valence-electron chi connectivity index (χ0n) is 11.5. The second-order valence-corrected chi connectivity index (χ2v) is 5.11. The summed E-state index contributed by atoms with van der Waals surface area (Å²) in [5, 5.41) is 20.8. The molecule has 0 aromatic carbocycles. The SMILES string of the molecule is CCN(CCCO)C(=O)NCC1(C(=O)O)CCCC1. The molecule has 0 aromatic rings. The average molecular weight is 272 g/mol. The molecule has 0 spiro atoms. The molecule has 0 heterocycles. The van der Waals surface area contributed by atoms with Crippen LogP contribution in [0.3, 0.4) is 0 Å². The minimum absolute atomic E-state index is 0.0445. The van der Waals surface area contributed by atoms with Crippen LogP contribution in [0.25, 0.3) is 0 Å². The number of amides is 2. The molecule has 1 aliphatic carbocycles. The number of carbonyl (C=O) groups excluding carboxylic acids is 1. The van der Waals surface area contributed by atoms with E-state index in [2.05, 4.69) is 5.32 Å². The van der Waals surface area contributed by atoms with Crippen molar-refractivity contribution in [2.24, 2.45) is 5.41 Å². The van der Waals surface area contributed by atoms with E-state index >= 15 is 0 Å². The molecule has 6 heteroatoms. The summed E-state index contributed by atoms with van der Waals surface area (Å²) in [6.45, 7) is 3.13. The molecule has 1 saturated carbocycles. The summed E-state index contributed by atoms with van der Waals surface area (Å²) in [4.78, 5) is 24.9. The fraction of sp³-hybridized carbons (Fsp3) is 0.846. The Kier molecular flexibility index (Phi) is 6.08. The minimum Gasteiger partial charge on any atom is -0.481 e. The summed E-state index contributed by atoms with van der Waals surface area (Å²) in [6.07, 6.45) is 3.61. The molecule has 2 amide bonds. The number of nitrogens with zero attached hydrogens (tertiary/aromatic N) is 1. The van der Waals surface area contributed by atoms with E-state index in [1.54, 1.807) is 4.90 Å². The van der Waals surface area contributed by atoms with Gasteiger partial charge in [-0.15, -0.1) is 0 Å². The van der Waals surface area contributed by atoms with Crippen LogP contribution in [0.2, 0.25) is 0 Å². The second kappa shape index (κ2) is 7.33. The number of carbonyl (C=O) groups is 2. The summed E-state index contributed by atoms with van der Waals surface area (Å²) < 4.78 is 0. The zero-order valence-corrected chi connectivity index (χ0v) is 11.5. The van der Waals surface area contributed by atoms with Crippen LogP contribution in [0.1, 0.15) is 39.0 Å². The molecule has 0 unspecified atom stereocenters. The molecular weight excluding hydrogens is 248 g/mol. The number of aliphatic hydroxyl groups is 1. The maximum atomic E-state index is 11.9. The van der Waals surface area contributed by atoms with E-state index in [0.29, 0.717) is 32.4 Å². The average Bonchev–Trinajstić information content (AvgIpc) is 2.87. The van der Waals surface area contributed by atoms with E-state index in [1.807, 2.05) is 6.92 Å². The first kappa shape index (κ1) is 15.8. The second-order valence-electron chi connectivity index (χ2n) is 5.11. The molecule has 0 bridgehead atoms. The van der Waals surface area contributed by atoms with Crippen molar-refractivity contribution < 1.29 is 19.8 Å². The number of aliphatic carboxylic acids is 1. The molecule has 0 aromatic heterocycles. The van der Waals surface area contributed by atoms with Crippen LogP contribution in [0, 0.1) is 5.41 Å². The normalized spacial score (nSPS) is 17.2. The quantitative estimate of drug-likeness (QED) is 0.646. The van der Waals surface area contributed by atoms with E-state index in [4.69, 9.17) is 5.11 Å². The van der Waals surface area contributed by atoms with Gasteiger partial charge in [0.05, 0.1) is 5.41 Å². The number of nitrogens with one attached hydrogen (secondary N) is 1. The predicted octanol–water partition coefficient (Wildman–Crippen LogP) is 1.05. The topological polar surface area (TPSA) is 89.9 Å². The number of hydrogen-bond acceptors (Lipinski definition) is 3. The molecule has 19 heavy (non-hydrogen) atoms. The van der Waals surface area contributed by atoms with E-state index in [1.165, 1.54) is 0 Å². The summed E-state index contributed by atoms with van der Waals surface area (Å²) in [7, 11) is 0. The summed E-state index contributed by atoms with van der Waals surface area (Å²) >= 11 is 0. The van der Waals surface area contributed by atoms with Crippen LogP contribution >= 0.6 is 0 Å². The Labute approximate surface area is 113 Å². The lowest BCUT2D eigenvalue weighted by atomic mass is 9.86. The van der Waals surface area contributed by atoms with Gasteiger partial charge >= 0.3 is 12.0 Å². The maximum Gasteiger partial charge on any atom is 0.317 e. The predicted molar refractivity (Wildman–Crippen MR) is 70.9 cm³/mol. The van der Waals surface area contributed by atoms with E-state index in [0.717, 1.165) is 12.8 Å². The minimum atomic E-state index is -0.816. The van der Waals surface area contributed by atoms with Crippen molar-refractivity contribution >= 4 is 12.0 Å². The van der Waals surface area contributed by atoms with Gasteiger partial charge < -0.3 is 20.4 Å². The first-order chi connectivity index (χ1) is 9.05. The van der Waals surface area contributed by atoms with Crippen LogP contribution in [-0.4, -0.2) is 53.4 Å². The van der Waals surface area contributed by atoms with Crippen molar-refractivity contribution in [3.63, 3.8) is 0 Å². The van der Waals surface area contributed by atoms with Gasteiger partial charge in [0.1, 0.15) is 0 Å². The van der Waals surface area contributed by atoms with Gasteiger partial charge in [-0.3, -0.25) is 4.79 Å². The van der Waals surface area contributed by atoms with Gasteiger partial charge in [0.2, 0.25) is 0 Å². The van der Waals surface area contributed by atoms with Gasteiger partial charge in [-0.2, -0.15) is 0 Å². The van der Waals surface area contributed by atoms with Gasteiger partial charge in [0.15, 0.2) is 0 Å². The highest BCUT2D eigenvalue weighted by Gasteiger charge is 2.41. The van der Waals surface area contributed by atoms with Crippen molar-refractivity contribution in [3.05, 3.63) is 0 Å². The lowest BCUT2D eigenvalue weighted by Gasteiger charge is -2.27. The molecule has 3 N–H and O–H groups in total. The highest BCUT2D eigenvalue weighted by atomic mass is 16.4. The Hall–Kier alpha value is -1.30. The van der Waals surface area contributed by atoms with Crippen LogP contribution in [0.4, 0.5) is 4.79 Å². The molecule has 0 atom stereocenters. The van der Waals surface area contributed by atoms with Crippen LogP contribution in [-0.2, 0) is 4.79 Å². The molecule has 110 valence electrons. The Balaban J connectivity index is 2.49. The van der Waals surface area contributed by atoms with Crippen LogP contribution in [0.15, 0.2) is 0 Å². The summed E-state index contributed by atoms with van der Waals surface area (Å²) in [5.74, 6) is -0.816. The Morgan fingerprint density at radius 2 is 1.95 bits per heavy atom. The lowest BCUT2D eigenvalue weighted by molar-refractivity contribution is -0.148. The van der Waals surface area contributed by atoms with Crippen molar-refractivity contribution in [2.75, 3.05) is 26.2 Å². The van der Waals surface area contributed by atoms with Crippen molar-refractivity contribution in [1.29, 1.82) is 0 Å². The smallest absolute Gasteiger partial charge is 0.317 e. The van der Waals surface area contributed by atoms with Crippen LogP contribution in [0.5, 0.6) is 0 Å². The summed E-state index contributed by atoms with van der Waals surface area (Å²) in [5.41, 5.74) is -0.786. The number of hydrogen-bond donors (Lipinski definition) is 3.